The molecule has 2 heteroatoms. The summed E-state index contributed by atoms with van der Waals surface area (Å²) in [6, 6.07) is 17.8. The smallest absolute Gasteiger partial charge is 0.119 e. The molecule has 0 heterocycles. The van der Waals surface area contributed by atoms with E-state index in [9.17, 15) is 0 Å². The lowest BCUT2D eigenvalue weighted by molar-refractivity contribution is 0.305. The summed E-state index contributed by atoms with van der Waals surface area (Å²) >= 11 is 0. The van der Waals surface area contributed by atoms with Gasteiger partial charge in [0.15, 0.2) is 0 Å². The van der Waals surface area contributed by atoms with Gasteiger partial charge in [-0.1, -0.05) is 74.8 Å². The van der Waals surface area contributed by atoms with Gasteiger partial charge < -0.3 is 4.74 Å². The summed E-state index contributed by atoms with van der Waals surface area (Å²) < 4.78 is 5.75. The van der Waals surface area contributed by atoms with Gasteiger partial charge >= 0.3 is 0 Å². The number of hydrogen-bond donors (Lipinski definition) is 0. The number of nitrogens with zero attached hydrogens (tertiary/aromatic N) is 1. The second kappa shape index (κ2) is 10.9. The van der Waals surface area contributed by atoms with Crippen LogP contribution in [0.1, 0.15) is 49.3 Å². The summed E-state index contributed by atoms with van der Waals surface area (Å²) in [6.45, 7) is 3.01. The molecule has 0 unspecified atom stereocenters. The number of rotatable bonds is 9. The minimum absolute atomic E-state index is 0.681. The Balaban J connectivity index is 1.78. The van der Waals surface area contributed by atoms with Gasteiger partial charge in [-0.05, 0) is 41.8 Å². The number of ether oxygens (including phenoxy) is 1. The SMILES string of the molecule is CCCCCCOc1ccc(/C=C/C=C/c2ccc(C#N)cc2)cc1. The molecule has 0 atom stereocenters. The third kappa shape index (κ3) is 7.10. The molecule has 0 bridgehead atoms. The molecule has 2 rings (SSSR count). The average molecular weight is 331 g/mol. The summed E-state index contributed by atoms with van der Waals surface area (Å²) in [5.41, 5.74) is 2.90. The molecular weight excluding hydrogens is 306 g/mol. The first kappa shape index (κ1) is 18.5. The lowest BCUT2D eigenvalue weighted by atomic mass is 10.1. The molecule has 128 valence electrons. The van der Waals surface area contributed by atoms with Crippen LogP contribution < -0.4 is 4.74 Å². The van der Waals surface area contributed by atoms with Gasteiger partial charge in [-0.25, -0.2) is 0 Å². The molecule has 25 heavy (non-hydrogen) atoms. The Bertz CT molecular complexity index is 718. The van der Waals surface area contributed by atoms with Crippen molar-refractivity contribution in [1.82, 2.24) is 0 Å². The maximum atomic E-state index is 8.78. The molecule has 2 nitrogen and oxygen atoms in total. The Morgan fingerprint density at radius 2 is 1.44 bits per heavy atom. The molecule has 0 amide bonds. The van der Waals surface area contributed by atoms with Crippen LogP contribution in [0, 0.1) is 11.3 Å². The molecule has 0 fully saturated rings. The quantitative estimate of drug-likeness (QED) is 0.402. The lowest BCUT2D eigenvalue weighted by Crippen LogP contribution is -1.96. The van der Waals surface area contributed by atoms with E-state index >= 15 is 0 Å². The van der Waals surface area contributed by atoms with Gasteiger partial charge in [0.1, 0.15) is 5.75 Å². The van der Waals surface area contributed by atoms with Gasteiger partial charge in [-0.2, -0.15) is 5.26 Å². The Kier molecular flexibility index (Phi) is 8.08. The van der Waals surface area contributed by atoms with Crippen LogP contribution in [0.15, 0.2) is 60.7 Å². The highest BCUT2D eigenvalue weighted by Crippen LogP contribution is 2.14. The fourth-order valence-electron chi connectivity index (χ4n) is 2.40. The molecule has 2 aromatic rings. The Labute approximate surface area is 151 Å². The van der Waals surface area contributed by atoms with Gasteiger partial charge in [0.05, 0.1) is 18.2 Å². The van der Waals surface area contributed by atoms with Crippen molar-refractivity contribution in [1.29, 1.82) is 5.26 Å². The molecule has 0 aliphatic carbocycles. The summed E-state index contributed by atoms with van der Waals surface area (Å²) in [5, 5.41) is 8.78. The van der Waals surface area contributed by atoms with Gasteiger partial charge in [-0.3, -0.25) is 0 Å². The predicted octanol–water partition coefficient (Wildman–Crippen LogP) is 6.24. The van der Waals surface area contributed by atoms with Crippen molar-refractivity contribution in [3.05, 3.63) is 77.4 Å². The minimum Gasteiger partial charge on any atom is -0.494 e. The molecule has 0 aliphatic rings. The lowest BCUT2D eigenvalue weighted by Gasteiger charge is -2.05. The topological polar surface area (TPSA) is 33.0 Å². The molecule has 0 saturated carbocycles. The van der Waals surface area contributed by atoms with Gasteiger partial charge in [0, 0.05) is 0 Å². The number of nitriles is 1. The van der Waals surface area contributed by atoms with Crippen molar-refractivity contribution < 1.29 is 4.74 Å². The van der Waals surface area contributed by atoms with Gasteiger partial charge in [0.25, 0.3) is 0 Å². The Morgan fingerprint density at radius 1 is 0.840 bits per heavy atom. The van der Waals surface area contributed by atoms with Crippen LogP contribution in [-0.2, 0) is 0 Å². The maximum absolute atomic E-state index is 8.78. The molecular formula is C23H25NO. The number of benzene rings is 2. The number of allylic oxidation sites excluding steroid dienone is 2. The van der Waals surface area contributed by atoms with E-state index in [1.54, 1.807) is 0 Å². The molecule has 2 aromatic carbocycles. The number of unbranched alkanes of at least 4 members (excludes halogenated alkanes) is 3. The van der Waals surface area contributed by atoms with E-state index < -0.39 is 0 Å². The highest BCUT2D eigenvalue weighted by molar-refractivity contribution is 5.58. The zero-order valence-electron chi connectivity index (χ0n) is 14.8. The van der Waals surface area contributed by atoms with Crippen LogP contribution >= 0.6 is 0 Å². The van der Waals surface area contributed by atoms with Crippen molar-refractivity contribution in [2.45, 2.75) is 32.6 Å². The normalized spacial score (nSPS) is 11.0. The van der Waals surface area contributed by atoms with Crippen LogP contribution in [-0.4, -0.2) is 6.61 Å². The highest BCUT2D eigenvalue weighted by atomic mass is 16.5. The molecule has 0 aliphatic heterocycles. The second-order valence-corrected chi connectivity index (χ2v) is 5.93. The average Bonchev–Trinajstić information content (AvgIpc) is 2.66. The van der Waals surface area contributed by atoms with E-state index in [0.717, 1.165) is 29.9 Å². The fourth-order valence-corrected chi connectivity index (χ4v) is 2.40. The van der Waals surface area contributed by atoms with Crippen molar-refractivity contribution in [2.24, 2.45) is 0 Å². The molecule has 0 saturated heterocycles. The van der Waals surface area contributed by atoms with Crippen LogP contribution in [0.2, 0.25) is 0 Å². The highest BCUT2D eigenvalue weighted by Gasteiger charge is 1.94. The molecule has 0 N–H and O–H groups in total. The number of hydrogen-bond acceptors (Lipinski definition) is 2. The zero-order chi connectivity index (χ0) is 17.7. The summed E-state index contributed by atoms with van der Waals surface area (Å²) in [5.74, 6) is 0.932. The fraction of sp³-hybridized carbons (Fsp3) is 0.261. The monoisotopic (exact) mass is 331 g/mol. The van der Waals surface area contributed by atoms with Crippen LogP contribution in [0.4, 0.5) is 0 Å². The molecule has 0 radical (unpaired) electrons. The van der Waals surface area contributed by atoms with Crippen LogP contribution in [0.25, 0.3) is 12.2 Å². The standard InChI is InChI=1S/C23H25NO/c1-2-3-4-7-18-25-23-16-14-21(15-17-23)9-6-5-8-20-10-12-22(19-24)13-11-20/h5-6,8-17H,2-4,7,18H2,1H3/b8-5+,9-6+. The van der Waals surface area contributed by atoms with Crippen molar-refractivity contribution in [2.75, 3.05) is 6.61 Å². The van der Waals surface area contributed by atoms with E-state index in [4.69, 9.17) is 10.00 Å². The summed E-state index contributed by atoms with van der Waals surface area (Å²) in [4.78, 5) is 0. The Hall–Kier alpha value is -2.79. The Morgan fingerprint density at radius 3 is 2.00 bits per heavy atom. The summed E-state index contributed by atoms with van der Waals surface area (Å²) in [7, 11) is 0. The van der Waals surface area contributed by atoms with Crippen molar-refractivity contribution in [3.8, 4) is 11.8 Å². The molecule has 0 spiro atoms. The van der Waals surface area contributed by atoms with Crippen LogP contribution in [0.5, 0.6) is 5.75 Å². The van der Waals surface area contributed by atoms with E-state index in [1.807, 2.05) is 54.6 Å². The van der Waals surface area contributed by atoms with Crippen molar-refractivity contribution >= 4 is 12.2 Å². The second-order valence-electron chi connectivity index (χ2n) is 5.93. The van der Waals surface area contributed by atoms with Crippen molar-refractivity contribution in [3.63, 3.8) is 0 Å². The first-order valence-corrected chi connectivity index (χ1v) is 8.89. The van der Waals surface area contributed by atoms with E-state index in [2.05, 4.69) is 31.2 Å². The summed E-state index contributed by atoms with van der Waals surface area (Å²) in [6.07, 6.45) is 13.0. The third-order valence-corrected chi connectivity index (χ3v) is 3.87. The first-order valence-electron chi connectivity index (χ1n) is 8.89. The minimum atomic E-state index is 0.681. The van der Waals surface area contributed by atoms with Gasteiger partial charge in [0.2, 0.25) is 0 Å². The maximum Gasteiger partial charge on any atom is 0.119 e. The predicted molar refractivity (Wildman–Crippen MR) is 105 cm³/mol. The third-order valence-electron chi connectivity index (χ3n) is 3.87. The largest absolute Gasteiger partial charge is 0.494 e. The van der Waals surface area contributed by atoms with E-state index in [0.29, 0.717) is 5.56 Å². The first-order chi connectivity index (χ1) is 12.3. The van der Waals surface area contributed by atoms with E-state index in [1.165, 1.54) is 19.3 Å². The zero-order valence-corrected chi connectivity index (χ0v) is 14.8. The van der Waals surface area contributed by atoms with Gasteiger partial charge in [-0.15, -0.1) is 0 Å². The molecule has 0 aromatic heterocycles. The van der Waals surface area contributed by atoms with Crippen LogP contribution in [0.3, 0.4) is 0 Å². The van der Waals surface area contributed by atoms with E-state index in [-0.39, 0.29) is 0 Å².